The van der Waals surface area contributed by atoms with Crippen LogP contribution in [0, 0.1) is 5.82 Å². The van der Waals surface area contributed by atoms with E-state index in [-0.39, 0.29) is 25.1 Å². The fraction of sp³-hybridized carbons (Fsp3) is 0.273. The Morgan fingerprint density at radius 1 is 1.22 bits per heavy atom. The van der Waals surface area contributed by atoms with Crippen molar-refractivity contribution >= 4 is 33.0 Å². The maximum Gasteiger partial charge on any atom is 0.338 e. The monoisotopic (exact) mass is 476 g/mol. The number of thiazole rings is 1. The van der Waals surface area contributed by atoms with Crippen molar-refractivity contribution in [3.8, 4) is 5.75 Å². The van der Waals surface area contributed by atoms with Crippen molar-refractivity contribution in [2.75, 3.05) is 10.6 Å². The first kappa shape index (κ1) is 22.2. The van der Waals surface area contributed by atoms with Crippen LogP contribution in [-0.4, -0.2) is 31.7 Å². The molecule has 3 aromatic rings. The number of ether oxygens (including phenoxy) is 2. The summed E-state index contributed by atoms with van der Waals surface area (Å²) in [6.07, 6.45) is 1.71. The predicted octanol–water partition coefficient (Wildman–Crippen LogP) is 3.93. The molecule has 0 aliphatic carbocycles. The van der Waals surface area contributed by atoms with Crippen LogP contribution in [0.2, 0.25) is 0 Å². The molecule has 7 nitrogen and oxygen atoms in total. The molecule has 1 atom stereocenters. The summed E-state index contributed by atoms with van der Waals surface area (Å²) >= 11 is 1.37. The van der Waals surface area contributed by atoms with E-state index in [1.165, 1.54) is 46.2 Å². The van der Waals surface area contributed by atoms with Crippen molar-refractivity contribution < 1.29 is 27.1 Å². The second kappa shape index (κ2) is 8.87. The van der Waals surface area contributed by atoms with Crippen LogP contribution in [0.5, 0.6) is 5.75 Å². The largest absolute Gasteiger partial charge is 0.486 e. The predicted molar refractivity (Wildman–Crippen MR) is 119 cm³/mol. The summed E-state index contributed by atoms with van der Waals surface area (Å²) in [5.41, 5.74) is 2.36. The number of esters is 1. The lowest BCUT2D eigenvalue weighted by Crippen LogP contribution is -2.34. The third kappa shape index (κ3) is 4.91. The highest BCUT2D eigenvalue weighted by molar-refractivity contribution is 7.92. The van der Waals surface area contributed by atoms with Crippen LogP contribution in [0.4, 0.5) is 10.1 Å². The van der Waals surface area contributed by atoms with Crippen molar-refractivity contribution in [3.63, 3.8) is 0 Å². The number of aromatic nitrogens is 1. The molecule has 0 bridgehead atoms. The van der Waals surface area contributed by atoms with Crippen molar-refractivity contribution in [1.29, 1.82) is 0 Å². The molecule has 2 heterocycles. The number of hydrogen-bond acceptors (Lipinski definition) is 7. The van der Waals surface area contributed by atoms with E-state index in [1.807, 2.05) is 6.92 Å². The van der Waals surface area contributed by atoms with Gasteiger partial charge in [-0.3, -0.25) is 4.31 Å². The quantitative estimate of drug-likeness (QED) is 0.481. The molecule has 168 valence electrons. The van der Waals surface area contributed by atoms with Crippen LogP contribution in [0.3, 0.4) is 0 Å². The standard InChI is InChI=1S/C22H21FN2O5S2/c1-14-9-16-10-15(3-8-20(16)25(14)32(2,27)28)22(26)30-11-18-13-31-21(24-18)12-29-19-6-4-17(23)5-7-19/h3-8,10,13-14H,9,11-12H2,1-2H3. The fourth-order valence-electron chi connectivity index (χ4n) is 3.62. The summed E-state index contributed by atoms with van der Waals surface area (Å²) < 4.78 is 49.3. The highest BCUT2D eigenvalue weighted by Gasteiger charge is 2.32. The zero-order chi connectivity index (χ0) is 22.9. The van der Waals surface area contributed by atoms with Gasteiger partial charge in [-0.2, -0.15) is 0 Å². The summed E-state index contributed by atoms with van der Waals surface area (Å²) in [7, 11) is -3.38. The Balaban J connectivity index is 1.35. The number of hydrogen-bond donors (Lipinski definition) is 0. The Morgan fingerprint density at radius 2 is 1.97 bits per heavy atom. The molecule has 2 aromatic carbocycles. The van der Waals surface area contributed by atoms with Crippen LogP contribution in [0.15, 0.2) is 47.8 Å². The smallest absolute Gasteiger partial charge is 0.338 e. The lowest BCUT2D eigenvalue weighted by Gasteiger charge is -2.21. The first-order valence-corrected chi connectivity index (χ1v) is 12.5. The second-order valence-electron chi connectivity index (χ2n) is 7.51. The Labute approximate surface area is 189 Å². The molecule has 0 spiro atoms. The van der Waals surface area contributed by atoms with Gasteiger partial charge in [-0.1, -0.05) is 0 Å². The summed E-state index contributed by atoms with van der Waals surface area (Å²) in [5.74, 6) is -0.299. The molecule has 1 aromatic heterocycles. The average molecular weight is 477 g/mol. The van der Waals surface area contributed by atoms with Crippen molar-refractivity contribution in [1.82, 2.24) is 4.98 Å². The third-order valence-corrected chi connectivity index (χ3v) is 7.09. The van der Waals surface area contributed by atoms with Crippen molar-refractivity contribution in [2.24, 2.45) is 0 Å². The second-order valence-corrected chi connectivity index (χ2v) is 10.3. The molecular formula is C22H21FN2O5S2. The van der Waals surface area contributed by atoms with Crippen LogP contribution >= 0.6 is 11.3 Å². The van der Waals surface area contributed by atoms with Crippen LogP contribution in [0.25, 0.3) is 0 Å². The lowest BCUT2D eigenvalue weighted by molar-refractivity contribution is 0.0468. The maximum absolute atomic E-state index is 12.9. The van der Waals surface area contributed by atoms with E-state index in [9.17, 15) is 17.6 Å². The molecule has 1 unspecified atom stereocenters. The molecule has 32 heavy (non-hydrogen) atoms. The van der Waals surface area contributed by atoms with Gasteiger partial charge in [-0.05, 0) is 61.4 Å². The molecule has 0 radical (unpaired) electrons. The Morgan fingerprint density at radius 3 is 2.69 bits per heavy atom. The van der Waals surface area contributed by atoms with E-state index in [0.29, 0.717) is 34.1 Å². The minimum atomic E-state index is -3.38. The molecule has 0 amide bonds. The lowest BCUT2D eigenvalue weighted by atomic mass is 10.1. The van der Waals surface area contributed by atoms with Gasteiger partial charge in [0.25, 0.3) is 0 Å². The zero-order valence-corrected chi connectivity index (χ0v) is 19.1. The number of carbonyl (C=O) groups excluding carboxylic acids is 1. The molecular weight excluding hydrogens is 455 g/mol. The van der Waals surface area contributed by atoms with Crippen LogP contribution in [-0.2, 0) is 34.4 Å². The first-order chi connectivity index (χ1) is 15.2. The van der Waals surface area contributed by atoms with E-state index < -0.39 is 16.0 Å². The fourth-order valence-corrected chi connectivity index (χ4v) is 5.57. The summed E-state index contributed by atoms with van der Waals surface area (Å²) in [6.45, 7) is 2.07. The minimum Gasteiger partial charge on any atom is -0.486 e. The van der Waals surface area contributed by atoms with Gasteiger partial charge in [-0.25, -0.2) is 22.6 Å². The molecule has 10 heteroatoms. The van der Waals surface area contributed by atoms with Gasteiger partial charge in [0.05, 0.1) is 23.2 Å². The molecule has 4 rings (SSSR count). The van der Waals surface area contributed by atoms with Gasteiger partial charge >= 0.3 is 5.97 Å². The SMILES string of the molecule is CC1Cc2cc(C(=O)OCc3csc(COc4ccc(F)cc4)n3)ccc2N1S(C)(=O)=O. The summed E-state index contributed by atoms with van der Waals surface area (Å²) in [6, 6.07) is 10.4. The Kier molecular flexibility index (Phi) is 6.16. The molecule has 0 saturated carbocycles. The van der Waals surface area contributed by atoms with Gasteiger partial charge in [-0.15, -0.1) is 11.3 Å². The number of carbonyl (C=O) groups is 1. The van der Waals surface area contributed by atoms with Gasteiger partial charge in [0.1, 0.15) is 29.8 Å². The van der Waals surface area contributed by atoms with Crippen molar-refractivity contribution in [2.45, 2.75) is 32.6 Å². The Bertz CT molecular complexity index is 1240. The van der Waals surface area contributed by atoms with Gasteiger partial charge in [0, 0.05) is 11.4 Å². The normalized spacial score (nSPS) is 15.5. The summed E-state index contributed by atoms with van der Waals surface area (Å²) in [5, 5.41) is 2.48. The molecule has 0 fully saturated rings. The number of rotatable bonds is 7. The van der Waals surface area contributed by atoms with E-state index in [1.54, 1.807) is 23.6 Å². The van der Waals surface area contributed by atoms with Crippen LogP contribution in [0.1, 0.15) is 33.5 Å². The van der Waals surface area contributed by atoms with E-state index in [2.05, 4.69) is 4.98 Å². The third-order valence-electron chi connectivity index (χ3n) is 4.95. The van der Waals surface area contributed by atoms with Crippen LogP contribution < -0.4 is 9.04 Å². The molecule has 0 saturated heterocycles. The first-order valence-electron chi connectivity index (χ1n) is 9.82. The number of fused-ring (bicyclic) bond motifs is 1. The Hall–Kier alpha value is -2.98. The highest BCUT2D eigenvalue weighted by Crippen LogP contribution is 2.34. The number of halogens is 1. The number of sulfonamides is 1. The maximum atomic E-state index is 12.9. The molecule has 1 aliphatic rings. The zero-order valence-electron chi connectivity index (χ0n) is 17.4. The molecule has 1 aliphatic heterocycles. The van der Waals surface area contributed by atoms with Gasteiger partial charge < -0.3 is 9.47 Å². The highest BCUT2D eigenvalue weighted by atomic mass is 32.2. The minimum absolute atomic E-state index is 0.00876. The number of anilines is 1. The number of benzene rings is 2. The summed E-state index contributed by atoms with van der Waals surface area (Å²) in [4.78, 5) is 16.9. The van der Waals surface area contributed by atoms with E-state index in [0.717, 1.165) is 5.56 Å². The average Bonchev–Trinajstić information content (AvgIpc) is 3.33. The van der Waals surface area contributed by atoms with E-state index >= 15 is 0 Å². The topological polar surface area (TPSA) is 85.8 Å². The number of nitrogens with zero attached hydrogens (tertiary/aromatic N) is 2. The van der Waals surface area contributed by atoms with Crippen molar-refractivity contribution in [3.05, 3.63) is 75.5 Å². The van der Waals surface area contributed by atoms with E-state index in [4.69, 9.17) is 9.47 Å². The van der Waals surface area contributed by atoms with Gasteiger partial charge in [0.2, 0.25) is 10.0 Å². The van der Waals surface area contributed by atoms with Gasteiger partial charge in [0.15, 0.2) is 0 Å². The molecule has 0 N–H and O–H groups in total.